The second kappa shape index (κ2) is 2.82. The second-order valence-corrected chi connectivity index (χ2v) is 3.75. The Balaban J connectivity index is 2.95. The summed E-state index contributed by atoms with van der Waals surface area (Å²) in [5.41, 5.74) is 0.862. The number of hydrogen-bond acceptors (Lipinski definition) is 2. The Hall–Kier alpha value is -1.40. The molecule has 2 aromatic rings. The molecule has 1 nitrogen and oxygen atoms in total. The lowest BCUT2D eigenvalue weighted by Crippen LogP contribution is -1.88. The molecule has 1 aromatic carbocycles. The normalized spacial score (nSPS) is 10.2. The third-order valence-electron chi connectivity index (χ3n) is 1.99. The highest BCUT2D eigenvalue weighted by atomic mass is 32.1. The van der Waals surface area contributed by atoms with Gasteiger partial charge in [0.25, 0.3) is 0 Å². The Bertz CT molecular complexity index is 507. The van der Waals surface area contributed by atoms with Crippen molar-refractivity contribution >= 4 is 21.4 Å². The van der Waals surface area contributed by atoms with Crippen LogP contribution in [0.3, 0.4) is 0 Å². The van der Waals surface area contributed by atoms with E-state index in [9.17, 15) is 4.39 Å². The predicted octanol–water partition coefficient (Wildman–Crippen LogP) is 3.22. The highest BCUT2D eigenvalue weighted by Crippen LogP contribution is 2.28. The Kier molecular flexibility index (Phi) is 1.78. The molecule has 0 aliphatic carbocycles. The van der Waals surface area contributed by atoms with Gasteiger partial charge >= 0.3 is 0 Å². The molecule has 0 fully saturated rings. The van der Waals surface area contributed by atoms with Crippen LogP contribution in [0, 0.1) is 24.1 Å². The van der Waals surface area contributed by atoms with Crippen molar-refractivity contribution in [1.29, 1.82) is 5.26 Å². The molecule has 0 atom stereocenters. The monoisotopic (exact) mass is 191 g/mol. The minimum absolute atomic E-state index is 0.162. The highest BCUT2D eigenvalue weighted by molar-refractivity contribution is 7.17. The van der Waals surface area contributed by atoms with E-state index in [1.165, 1.54) is 11.3 Å². The summed E-state index contributed by atoms with van der Waals surface area (Å²) in [4.78, 5) is 0. The van der Waals surface area contributed by atoms with Crippen molar-refractivity contribution in [2.24, 2.45) is 0 Å². The first-order chi connectivity index (χ1) is 6.24. The molecule has 0 saturated carbocycles. The average Bonchev–Trinajstić information content (AvgIpc) is 2.53. The first kappa shape index (κ1) is 8.21. The zero-order chi connectivity index (χ0) is 9.42. The fraction of sp³-hybridized carbons (Fsp3) is 0.100. The van der Waals surface area contributed by atoms with Crippen LogP contribution in [0.4, 0.5) is 4.39 Å². The predicted molar refractivity (Wildman–Crippen MR) is 51.2 cm³/mol. The van der Waals surface area contributed by atoms with E-state index in [1.807, 2.05) is 23.6 Å². The van der Waals surface area contributed by atoms with Crippen molar-refractivity contribution in [2.75, 3.05) is 0 Å². The fourth-order valence-electron chi connectivity index (χ4n) is 1.34. The summed E-state index contributed by atoms with van der Waals surface area (Å²) < 4.78 is 14.1. The molecular formula is C10H6FNS. The number of nitriles is 1. The van der Waals surface area contributed by atoms with Crippen molar-refractivity contribution in [2.45, 2.75) is 6.92 Å². The van der Waals surface area contributed by atoms with E-state index < -0.39 is 0 Å². The zero-order valence-corrected chi connectivity index (χ0v) is 7.78. The minimum atomic E-state index is -0.382. The largest absolute Gasteiger partial charge is 0.204 e. The molecule has 64 valence electrons. The lowest BCUT2D eigenvalue weighted by molar-refractivity contribution is 0.636. The summed E-state index contributed by atoms with van der Waals surface area (Å²) in [5, 5.41) is 11.4. The Labute approximate surface area is 79.0 Å². The van der Waals surface area contributed by atoms with Gasteiger partial charge in [0.05, 0.1) is 10.3 Å². The molecule has 2 rings (SSSR count). The standard InChI is InChI=1S/C10H6FNS/c1-6-4-7-2-3-13-10(7)9(11)8(6)5-12/h2-4H,1H3. The van der Waals surface area contributed by atoms with Gasteiger partial charge in [-0.3, -0.25) is 0 Å². The maximum absolute atomic E-state index is 13.6. The fourth-order valence-corrected chi connectivity index (χ4v) is 2.16. The van der Waals surface area contributed by atoms with Gasteiger partial charge < -0.3 is 0 Å². The van der Waals surface area contributed by atoms with Gasteiger partial charge in [-0.1, -0.05) is 0 Å². The van der Waals surface area contributed by atoms with Gasteiger partial charge in [0, 0.05) is 0 Å². The molecule has 1 heterocycles. The van der Waals surface area contributed by atoms with Gasteiger partial charge in [-0.25, -0.2) is 4.39 Å². The van der Waals surface area contributed by atoms with Gasteiger partial charge in [0.2, 0.25) is 0 Å². The number of hydrogen-bond donors (Lipinski definition) is 0. The van der Waals surface area contributed by atoms with Crippen LogP contribution in [0.1, 0.15) is 11.1 Å². The van der Waals surface area contributed by atoms with Crippen LogP contribution in [-0.2, 0) is 0 Å². The third kappa shape index (κ3) is 1.11. The Morgan fingerprint density at radius 2 is 2.31 bits per heavy atom. The number of halogens is 1. The topological polar surface area (TPSA) is 23.8 Å². The number of aryl methyl sites for hydroxylation is 1. The quantitative estimate of drug-likeness (QED) is 0.627. The highest BCUT2D eigenvalue weighted by Gasteiger charge is 2.10. The maximum Gasteiger partial charge on any atom is 0.158 e. The molecule has 0 unspecified atom stereocenters. The van der Waals surface area contributed by atoms with E-state index in [0.717, 1.165) is 5.39 Å². The van der Waals surface area contributed by atoms with E-state index in [4.69, 9.17) is 5.26 Å². The van der Waals surface area contributed by atoms with Crippen LogP contribution in [0.5, 0.6) is 0 Å². The van der Waals surface area contributed by atoms with Crippen molar-refractivity contribution in [3.05, 3.63) is 34.5 Å². The summed E-state index contributed by atoms with van der Waals surface area (Å²) >= 11 is 1.33. The van der Waals surface area contributed by atoms with E-state index in [2.05, 4.69) is 0 Å². The van der Waals surface area contributed by atoms with Crippen LogP contribution in [-0.4, -0.2) is 0 Å². The molecule has 13 heavy (non-hydrogen) atoms. The van der Waals surface area contributed by atoms with Gasteiger partial charge in [0.1, 0.15) is 6.07 Å². The van der Waals surface area contributed by atoms with Gasteiger partial charge in [-0.15, -0.1) is 11.3 Å². The van der Waals surface area contributed by atoms with E-state index in [1.54, 1.807) is 6.92 Å². The third-order valence-corrected chi connectivity index (χ3v) is 2.92. The summed E-state index contributed by atoms with van der Waals surface area (Å²) in [5.74, 6) is -0.382. The summed E-state index contributed by atoms with van der Waals surface area (Å²) in [6.07, 6.45) is 0. The van der Waals surface area contributed by atoms with Crippen LogP contribution in [0.15, 0.2) is 17.5 Å². The first-order valence-corrected chi connectivity index (χ1v) is 4.68. The molecule has 0 amide bonds. The van der Waals surface area contributed by atoms with E-state index in [0.29, 0.717) is 10.3 Å². The van der Waals surface area contributed by atoms with Gasteiger partial charge in [-0.05, 0) is 35.4 Å². The number of fused-ring (bicyclic) bond motifs is 1. The summed E-state index contributed by atoms with van der Waals surface area (Å²) in [6.45, 7) is 1.75. The number of benzene rings is 1. The molecule has 0 bridgehead atoms. The van der Waals surface area contributed by atoms with E-state index in [-0.39, 0.29) is 11.4 Å². The molecule has 0 N–H and O–H groups in total. The molecule has 0 spiro atoms. The smallest absolute Gasteiger partial charge is 0.158 e. The molecule has 3 heteroatoms. The van der Waals surface area contributed by atoms with E-state index >= 15 is 0 Å². The summed E-state index contributed by atoms with van der Waals surface area (Å²) in [6, 6.07) is 5.58. The molecule has 1 aromatic heterocycles. The molecule has 0 aliphatic rings. The molecular weight excluding hydrogens is 185 g/mol. The van der Waals surface area contributed by atoms with Crippen molar-refractivity contribution in [3.63, 3.8) is 0 Å². The average molecular weight is 191 g/mol. The van der Waals surface area contributed by atoms with Crippen LogP contribution < -0.4 is 0 Å². The van der Waals surface area contributed by atoms with Crippen molar-refractivity contribution < 1.29 is 4.39 Å². The minimum Gasteiger partial charge on any atom is -0.204 e. The molecule has 0 radical (unpaired) electrons. The number of rotatable bonds is 0. The maximum atomic E-state index is 13.6. The lowest BCUT2D eigenvalue weighted by atomic mass is 10.1. The van der Waals surface area contributed by atoms with Crippen LogP contribution in [0.2, 0.25) is 0 Å². The molecule has 0 saturated heterocycles. The van der Waals surface area contributed by atoms with Crippen LogP contribution >= 0.6 is 11.3 Å². The lowest BCUT2D eigenvalue weighted by Gasteiger charge is -1.99. The number of thiophene rings is 1. The zero-order valence-electron chi connectivity index (χ0n) is 6.97. The van der Waals surface area contributed by atoms with Crippen molar-refractivity contribution in [1.82, 2.24) is 0 Å². The Morgan fingerprint density at radius 1 is 1.54 bits per heavy atom. The Morgan fingerprint density at radius 3 is 3.00 bits per heavy atom. The van der Waals surface area contributed by atoms with Crippen molar-refractivity contribution in [3.8, 4) is 6.07 Å². The SMILES string of the molecule is Cc1cc2ccsc2c(F)c1C#N. The van der Waals surface area contributed by atoms with Gasteiger partial charge in [-0.2, -0.15) is 5.26 Å². The summed E-state index contributed by atoms with van der Waals surface area (Å²) in [7, 11) is 0. The second-order valence-electron chi connectivity index (χ2n) is 2.83. The van der Waals surface area contributed by atoms with Crippen LogP contribution in [0.25, 0.3) is 10.1 Å². The molecule has 0 aliphatic heterocycles. The van der Waals surface area contributed by atoms with Gasteiger partial charge in [0.15, 0.2) is 5.82 Å². The first-order valence-electron chi connectivity index (χ1n) is 3.80. The number of nitrogens with zero attached hydrogens (tertiary/aromatic N) is 1.